The molecule has 28 heavy (non-hydrogen) atoms. The number of pyridine rings is 1. The van der Waals surface area contributed by atoms with Gasteiger partial charge in [0.2, 0.25) is 0 Å². The summed E-state index contributed by atoms with van der Waals surface area (Å²) >= 11 is 1.33. The van der Waals surface area contributed by atoms with Crippen LogP contribution in [0.2, 0.25) is 0 Å². The molecule has 3 amide bonds. The number of rotatable bonds is 8. The third-order valence-electron chi connectivity index (χ3n) is 3.63. The number of nitrogens with one attached hydrogen (secondary N) is 2. The summed E-state index contributed by atoms with van der Waals surface area (Å²) in [4.78, 5) is 40.8. The van der Waals surface area contributed by atoms with Crippen molar-refractivity contribution in [2.24, 2.45) is 0 Å². The number of hydrogen-bond acceptors (Lipinski definition) is 6. The number of aryl methyl sites for hydroxylation is 1. The molecule has 0 atom stereocenters. The summed E-state index contributed by atoms with van der Waals surface area (Å²) < 4.78 is 5.03. The van der Waals surface area contributed by atoms with Gasteiger partial charge in [-0.15, -0.1) is 0 Å². The molecule has 0 bridgehead atoms. The minimum atomic E-state index is -0.695. The van der Waals surface area contributed by atoms with Crippen molar-refractivity contribution >= 4 is 29.7 Å². The highest BCUT2D eigenvalue weighted by molar-refractivity contribution is 7.99. The summed E-state index contributed by atoms with van der Waals surface area (Å²) in [5, 5.41) is 5.15. The van der Waals surface area contributed by atoms with Crippen LogP contribution in [-0.2, 0) is 9.53 Å². The topological polar surface area (TPSA) is 97.4 Å². The first-order valence-electron chi connectivity index (χ1n) is 8.94. The zero-order chi connectivity index (χ0) is 20.4. The molecule has 8 heteroatoms. The van der Waals surface area contributed by atoms with Gasteiger partial charge in [0, 0.05) is 17.6 Å². The van der Waals surface area contributed by atoms with Crippen LogP contribution in [0.15, 0.2) is 52.5 Å². The zero-order valence-electron chi connectivity index (χ0n) is 15.9. The van der Waals surface area contributed by atoms with Crippen LogP contribution in [-0.4, -0.2) is 36.0 Å². The lowest BCUT2D eigenvalue weighted by Gasteiger charge is -2.09. The van der Waals surface area contributed by atoms with Gasteiger partial charge in [0.1, 0.15) is 5.03 Å². The van der Waals surface area contributed by atoms with E-state index in [2.05, 4.69) is 15.6 Å². The van der Waals surface area contributed by atoms with Gasteiger partial charge < -0.3 is 10.1 Å². The third-order valence-corrected chi connectivity index (χ3v) is 4.66. The quantitative estimate of drug-likeness (QED) is 0.520. The lowest BCUT2D eigenvalue weighted by molar-refractivity contribution is -0.123. The fourth-order valence-electron chi connectivity index (χ4n) is 2.14. The molecule has 2 aromatic rings. The SMILES string of the molecule is CCCCNC(=O)NC(=O)COC(=O)c1cccnc1Sc1ccc(C)cc1. The number of aromatic nitrogens is 1. The van der Waals surface area contributed by atoms with Gasteiger partial charge >= 0.3 is 12.0 Å². The van der Waals surface area contributed by atoms with Crippen molar-refractivity contribution in [3.63, 3.8) is 0 Å². The van der Waals surface area contributed by atoms with Crippen LogP contribution in [0.3, 0.4) is 0 Å². The van der Waals surface area contributed by atoms with Crippen molar-refractivity contribution in [2.45, 2.75) is 36.6 Å². The Hall–Kier alpha value is -2.87. The first-order valence-corrected chi connectivity index (χ1v) is 9.75. The molecular formula is C20H23N3O4S. The molecule has 7 nitrogen and oxygen atoms in total. The first kappa shape index (κ1) is 21.4. The number of unbranched alkanes of at least 4 members (excludes halogenated alkanes) is 1. The van der Waals surface area contributed by atoms with Crippen molar-refractivity contribution in [2.75, 3.05) is 13.2 Å². The molecule has 0 aliphatic rings. The Balaban J connectivity index is 1.91. The monoisotopic (exact) mass is 401 g/mol. The Morgan fingerprint density at radius 3 is 2.61 bits per heavy atom. The van der Waals surface area contributed by atoms with Gasteiger partial charge in [0.15, 0.2) is 6.61 Å². The molecule has 0 saturated carbocycles. The van der Waals surface area contributed by atoms with E-state index in [1.807, 2.05) is 38.1 Å². The average molecular weight is 401 g/mol. The van der Waals surface area contributed by atoms with E-state index in [-0.39, 0.29) is 5.56 Å². The predicted octanol–water partition coefficient (Wildman–Crippen LogP) is 3.32. The predicted molar refractivity (Wildman–Crippen MR) is 106 cm³/mol. The Morgan fingerprint density at radius 2 is 1.89 bits per heavy atom. The number of urea groups is 1. The zero-order valence-corrected chi connectivity index (χ0v) is 16.7. The van der Waals surface area contributed by atoms with E-state index in [0.717, 1.165) is 23.3 Å². The molecule has 0 radical (unpaired) electrons. The summed E-state index contributed by atoms with van der Waals surface area (Å²) in [7, 11) is 0. The highest BCUT2D eigenvalue weighted by atomic mass is 32.2. The molecule has 0 aliphatic carbocycles. The smallest absolute Gasteiger partial charge is 0.341 e. The highest BCUT2D eigenvalue weighted by Crippen LogP contribution is 2.29. The lowest BCUT2D eigenvalue weighted by atomic mass is 10.2. The molecule has 1 heterocycles. The van der Waals surface area contributed by atoms with Crippen LogP contribution >= 0.6 is 11.8 Å². The second-order valence-electron chi connectivity index (χ2n) is 6.00. The number of amides is 3. The number of benzene rings is 1. The van der Waals surface area contributed by atoms with E-state index in [4.69, 9.17) is 4.74 Å². The largest absolute Gasteiger partial charge is 0.452 e. The number of carbonyl (C=O) groups is 3. The molecule has 2 N–H and O–H groups in total. The maximum atomic E-state index is 12.4. The molecule has 148 valence electrons. The van der Waals surface area contributed by atoms with Gasteiger partial charge in [-0.3, -0.25) is 10.1 Å². The fraction of sp³-hybridized carbons (Fsp3) is 0.300. The van der Waals surface area contributed by atoms with Gasteiger partial charge in [-0.2, -0.15) is 0 Å². The Labute approximate surface area is 168 Å². The van der Waals surface area contributed by atoms with Crippen LogP contribution in [0.5, 0.6) is 0 Å². The minimum Gasteiger partial charge on any atom is -0.452 e. The fourth-order valence-corrected chi connectivity index (χ4v) is 3.01. The number of ether oxygens (including phenoxy) is 1. The van der Waals surface area contributed by atoms with Crippen molar-refractivity contribution in [1.29, 1.82) is 0 Å². The summed E-state index contributed by atoms with van der Waals surface area (Å²) in [5.74, 6) is -1.37. The van der Waals surface area contributed by atoms with Crippen molar-refractivity contribution in [3.05, 3.63) is 53.7 Å². The van der Waals surface area contributed by atoms with Crippen molar-refractivity contribution in [3.8, 4) is 0 Å². The van der Waals surface area contributed by atoms with E-state index in [1.54, 1.807) is 18.3 Å². The number of esters is 1. The van der Waals surface area contributed by atoms with Crippen molar-refractivity contribution < 1.29 is 19.1 Å². The highest BCUT2D eigenvalue weighted by Gasteiger charge is 2.17. The molecule has 0 saturated heterocycles. The summed E-state index contributed by atoms with van der Waals surface area (Å²) in [6, 6.07) is 10.4. The standard InChI is InChI=1S/C20H23N3O4S/c1-3-4-11-22-20(26)23-17(24)13-27-19(25)16-6-5-12-21-18(16)28-15-9-7-14(2)8-10-15/h5-10,12H,3-4,11,13H2,1-2H3,(H2,22,23,24,26). The van der Waals surface area contributed by atoms with Crippen LogP contribution in [0.25, 0.3) is 0 Å². The third kappa shape index (κ3) is 7.03. The molecule has 2 rings (SSSR count). The van der Waals surface area contributed by atoms with Gasteiger partial charge in [-0.25, -0.2) is 14.6 Å². The maximum absolute atomic E-state index is 12.4. The van der Waals surface area contributed by atoms with E-state index >= 15 is 0 Å². The van der Waals surface area contributed by atoms with Crippen molar-refractivity contribution in [1.82, 2.24) is 15.6 Å². The Kier molecular flexibility index (Phi) is 8.48. The Morgan fingerprint density at radius 1 is 1.14 bits per heavy atom. The number of hydrogen-bond donors (Lipinski definition) is 2. The molecule has 0 unspecified atom stereocenters. The lowest BCUT2D eigenvalue weighted by Crippen LogP contribution is -2.41. The number of imide groups is 1. The minimum absolute atomic E-state index is 0.258. The number of carbonyl (C=O) groups excluding carboxylic acids is 3. The average Bonchev–Trinajstić information content (AvgIpc) is 2.68. The summed E-state index contributed by atoms with van der Waals surface area (Å²) in [6.07, 6.45) is 3.33. The molecule has 0 aliphatic heterocycles. The van der Waals surface area contributed by atoms with E-state index in [9.17, 15) is 14.4 Å². The second kappa shape index (κ2) is 11.1. The summed E-state index contributed by atoms with van der Waals surface area (Å²) in [5.41, 5.74) is 1.39. The van der Waals surface area contributed by atoms with Gasteiger partial charge in [-0.1, -0.05) is 42.8 Å². The second-order valence-corrected chi connectivity index (χ2v) is 7.07. The molecule has 1 aromatic heterocycles. The van der Waals surface area contributed by atoms with E-state index in [1.165, 1.54) is 11.8 Å². The van der Waals surface area contributed by atoms with Gasteiger partial charge in [-0.05, 0) is 37.6 Å². The van der Waals surface area contributed by atoms with Crippen LogP contribution in [0, 0.1) is 6.92 Å². The molecule has 1 aromatic carbocycles. The van der Waals surface area contributed by atoms with Gasteiger partial charge in [0.25, 0.3) is 5.91 Å². The van der Waals surface area contributed by atoms with Crippen LogP contribution in [0.4, 0.5) is 4.79 Å². The summed E-state index contributed by atoms with van der Waals surface area (Å²) in [6.45, 7) is 3.91. The first-order chi connectivity index (χ1) is 13.5. The Bertz CT molecular complexity index is 824. The molecular weight excluding hydrogens is 378 g/mol. The molecule has 0 spiro atoms. The van der Waals surface area contributed by atoms with E-state index < -0.39 is 24.5 Å². The van der Waals surface area contributed by atoms with Crippen LogP contribution < -0.4 is 10.6 Å². The number of nitrogens with zero attached hydrogens (tertiary/aromatic N) is 1. The normalized spacial score (nSPS) is 10.2. The maximum Gasteiger partial charge on any atom is 0.341 e. The molecule has 0 fully saturated rings. The van der Waals surface area contributed by atoms with Gasteiger partial charge in [0.05, 0.1) is 5.56 Å². The van der Waals surface area contributed by atoms with Crippen LogP contribution in [0.1, 0.15) is 35.7 Å². The van der Waals surface area contributed by atoms with E-state index in [0.29, 0.717) is 11.6 Å².